The quantitative estimate of drug-likeness (QED) is 0.175. The number of piperidine rings is 3. The number of fused-ring (bicyclic) bond motifs is 3. The van der Waals surface area contributed by atoms with Gasteiger partial charge in [0.1, 0.15) is 24.3 Å². The molecule has 0 unspecified atom stereocenters. The zero-order valence-corrected chi connectivity index (χ0v) is 24.3. The second kappa shape index (κ2) is 13.7. The summed E-state index contributed by atoms with van der Waals surface area (Å²) < 4.78 is 11.1. The molecule has 1 atom stereocenters. The zero-order chi connectivity index (χ0) is 27.9. The molecule has 11 heteroatoms. The molecule has 3 fully saturated rings. The number of nitro groups is 1. The fourth-order valence-electron chi connectivity index (χ4n) is 4.99. The van der Waals surface area contributed by atoms with E-state index in [0.29, 0.717) is 16.9 Å². The van der Waals surface area contributed by atoms with E-state index in [1.165, 1.54) is 19.1 Å². The van der Waals surface area contributed by atoms with Crippen LogP contribution < -0.4 is 22.3 Å². The van der Waals surface area contributed by atoms with Gasteiger partial charge in [-0.25, -0.2) is 4.79 Å². The molecule has 0 aliphatic carbocycles. The van der Waals surface area contributed by atoms with Crippen LogP contribution in [0.5, 0.6) is 0 Å². The Balaban J connectivity index is 0.000000306. The van der Waals surface area contributed by atoms with Crippen LogP contribution >= 0.6 is 0 Å². The smallest absolute Gasteiger partial charge is 0.412 e. The topological polar surface area (TPSA) is 125 Å². The second-order valence-electron chi connectivity index (χ2n) is 10.8. The monoisotopic (exact) mass is 605 g/mol. The number of ketones is 1. The van der Waals surface area contributed by atoms with E-state index in [0.717, 1.165) is 31.6 Å². The van der Waals surface area contributed by atoms with Crippen molar-refractivity contribution in [3.05, 3.63) is 70.3 Å². The summed E-state index contributed by atoms with van der Waals surface area (Å²) in [7, 11) is 0. The maximum absolute atomic E-state index is 12.7. The number of nitro benzene ring substituents is 1. The summed E-state index contributed by atoms with van der Waals surface area (Å²) in [6.07, 6.45) is 1.26. The van der Waals surface area contributed by atoms with E-state index in [1.807, 2.05) is 51.1 Å². The molecule has 3 aliphatic rings. The lowest BCUT2D eigenvalue weighted by molar-refractivity contribution is -0.938. The van der Waals surface area contributed by atoms with Crippen LogP contribution in [0.25, 0.3) is 0 Å². The van der Waals surface area contributed by atoms with Crippen LogP contribution in [0.2, 0.25) is 0 Å². The number of nitrogens with one attached hydrogen (secondary N) is 1. The van der Waals surface area contributed by atoms with Crippen LogP contribution in [-0.4, -0.2) is 65.1 Å². The zero-order valence-electron chi connectivity index (χ0n) is 22.7. The normalized spacial score (nSPS) is 21.3. The molecule has 3 saturated heterocycles. The number of Topliss-reactive ketones (excluding diaryl/α,β-unsaturated/α-hetero) is 1. The molecule has 39 heavy (non-hydrogen) atoms. The minimum atomic E-state index is -0.517. The van der Waals surface area contributed by atoms with Gasteiger partial charge >= 0.3 is 12.1 Å². The summed E-state index contributed by atoms with van der Waals surface area (Å²) >= 11 is 0. The van der Waals surface area contributed by atoms with Gasteiger partial charge in [0, 0.05) is 37.4 Å². The first kappa shape index (κ1) is 31.9. The third-order valence-corrected chi connectivity index (χ3v) is 6.66. The van der Waals surface area contributed by atoms with Crippen LogP contribution in [0, 0.1) is 16.0 Å². The number of halogens is 1. The molecule has 0 aromatic heterocycles. The Labute approximate surface area is 239 Å². The Morgan fingerprint density at radius 3 is 2.18 bits per heavy atom. The Hall–Kier alpha value is -3.31. The molecule has 5 rings (SSSR count). The average Bonchev–Trinajstić information content (AvgIpc) is 2.84. The minimum Gasteiger partial charge on any atom is -1.00 e. The molecule has 3 heterocycles. The number of amides is 1. The highest BCUT2D eigenvalue weighted by Gasteiger charge is 2.48. The molecule has 212 valence electrons. The first-order valence-corrected chi connectivity index (χ1v) is 12.7. The van der Waals surface area contributed by atoms with Gasteiger partial charge in [0.05, 0.1) is 18.0 Å². The lowest BCUT2D eigenvalue weighted by atomic mass is 9.82. The average molecular weight is 607 g/mol. The number of carbonyl (C=O) groups excluding carboxylic acids is 3. The second-order valence-corrected chi connectivity index (χ2v) is 10.8. The van der Waals surface area contributed by atoms with Gasteiger partial charge < -0.3 is 30.9 Å². The first-order valence-electron chi connectivity index (χ1n) is 12.7. The molecule has 10 nitrogen and oxygen atoms in total. The summed E-state index contributed by atoms with van der Waals surface area (Å²) in [5, 5.41) is 13.8. The number of nitrogens with zero attached hydrogens (tertiary/aromatic N) is 2. The lowest BCUT2D eigenvalue weighted by Gasteiger charge is -2.51. The number of para-hydroxylation sites is 2. The maximum atomic E-state index is 12.7. The van der Waals surface area contributed by atoms with E-state index >= 15 is 0 Å². The summed E-state index contributed by atoms with van der Waals surface area (Å²) in [5.74, 6) is -0.142. The van der Waals surface area contributed by atoms with Crippen LogP contribution in [-0.2, 0) is 14.3 Å². The Kier molecular flexibility index (Phi) is 11.2. The number of rotatable bonds is 6. The van der Waals surface area contributed by atoms with Crippen molar-refractivity contribution in [2.75, 3.05) is 31.5 Å². The third kappa shape index (κ3) is 9.43. The molecule has 2 bridgehead atoms. The van der Waals surface area contributed by atoms with Crippen molar-refractivity contribution in [1.82, 2.24) is 0 Å². The number of hydrogen-bond donors (Lipinski definition) is 1. The maximum Gasteiger partial charge on any atom is 0.412 e. The number of anilines is 1. The highest BCUT2D eigenvalue weighted by Crippen LogP contribution is 2.36. The molecule has 2 aromatic rings. The number of carbonyl (C=O) groups is 3. The number of hydrogen-bond acceptors (Lipinski definition) is 7. The van der Waals surface area contributed by atoms with Crippen molar-refractivity contribution >= 4 is 29.2 Å². The summed E-state index contributed by atoms with van der Waals surface area (Å²) in [6, 6.07) is 15.3. The van der Waals surface area contributed by atoms with Gasteiger partial charge in [-0.3, -0.25) is 25.0 Å². The first-order chi connectivity index (χ1) is 17.9. The lowest BCUT2D eigenvalue weighted by Crippen LogP contribution is -3.00. The fourth-order valence-corrected chi connectivity index (χ4v) is 4.99. The minimum absolute atomic E-state index is 0. The number of ether oxygens (including phenoxy) is 2. The predicted molar refractivity (Wildman–Crippen MR) is 142 cm³/mol. The van der Waals surface area contributed by atoms with Gasteiger partial charge in [-0.05, 0) is 39.0 Å². The Morgan fingerprint density at radius 1 is 1.03 bits per heavy atom. The van der Waals surface area contributed by atoms with E-state index in [4.69, 9.17) is 9.47 Å². The van der Waals surface area contributed by atoms with E-state index in [9.17, 15) is 24.5 Å². The SMILES string of the molecule is CC(=O)O[C@H]1C[N+]2(CC(=O)c3ccccc3[N+](=O)[O-])CCC1CC2.CC(C)(C)OC(=O)Nc1ccccc1.[Br-]. The van der Waals surface area contributed by atoms with E-state index in [1.54, 1.807) is 12.1 Å². The van der Waals surface area contributed by atoms with Crippen LogP contribution in [0.3, 0.4) is 0 Å². The van der Waals surface area contributed by atoms with E-state index in [-0.39, 0.29) is 52.6 Å². The molecule has 1 N–H and O–H groups in total. The van der Waals surface area contributed by atoms with Gasteiger partial charge in [-0.15, -0.1) is 0 Å². The molecule has 0 radical (unpaired) electrons. The number of quaternary nitrogens is 1. The van der Waals surface area contributed by atoms with Gasteiger partial charge in [0.2, 0.25) is 5.78 Å². The van der Waals surface area contributed by atoms with Gasteiger partial charge in [-0.2, -0.15) is 0 Å². The number of esters is 1. The summed E-state index contributed by atoms with van der Waals surface area (Å²) in [6.45, 7) is 9.45. The predicted octanol–water partition coefficient (Wildman–Crippen LogP) is 1.99. The van der Waals surface area contributed by atoms with Gasteiger partial charge in [0.15, 0.2) is 6.10 Å². The van der Waals surface area contributed by atoms with Crippen molar-refractivity contribution < 1.29 is 50.2 Å². The van der Waals surface area contributed by atoms with Crippen molar-refractivity contribution in [3.8, 4) is 0 Å². The molecule has 2 aromatic carbocycles. The molecule has 0 spiro atoms. The van der Waals surface area contributed by atoms with Crippen molar-refractivity contribution in [2.45, 2.75) is 52.2 Å². The molecular formula is C28H36BrN3O7. The van der Waals surface area contributed by atoms with Crippen molar-refractivity contribution in [2.24, 2.45) is 5.92 Å². The summed E-state index contributed by atoms with van der Waals surface area (Å²) in [4.78, 5) is 45.9. The van der Waals surface area contributed by atoms with Crippen LogP contribution in [0.1, 0.15) is 50.9 Å². The van der Waals surface area contributed by atoms with E-state index < -0.39 is 16.6 Å². The molecule has 0 saturated carbocycles. The Morgan fingerprint density at radius 2 is 1.62 bits per heavy atom. The van der Waals surface area contributed by atoms with Crippen LogP contribution in [0.15, 0.2) is 54.6 Å². The highest BCUT2D eigenvalue weighted by atomic mass is 79.9. The fraction of sp³-hybridized carbons (Fsp3) is 0.464. The van der Waals surface area contributed by atoms with E-state index in [2.05, 4.69) is 5.32 Å². The van der Waals surface area contributed by atoms with Crippen molar-refractivity contribution in [1.29, 1.82) is 0 Å². The Bertz CT molecular complexity index is 1160. The largest absolute Gasteiger partial charge is 1.00 e. The summed E-state index contributed by atoms with van der Waals surface area (Å²) in [5.41, 5.74) is 0.288. The molecular weight excluding hydrogens is 570 g/mol. The van der Waals surface area contributed by atoms with Gasteiger partial charge in [-0.1, -0.05) is 30.3 Å². The standard InChI is InChI=1S/C17H21N2O5.C11H15NO2.BrH/c1-12(20)24-17-11-19(8-6-13(17)7-9-19)10-16(21)14-4-2-3-5-15(14)18(22)23;1-11(2,3)14-10(13)12-9-7-5-4-6-8-9;/h2-5,13,17H,6-11H2,1H3;4-8H,1-3H3,(H,12,13);1H/q+1;;/p-1/t13?,17-,19?;;/m0../s1. The third-order valence-electron chi connectivity index (χ3n) is 6.66. The van der Waals surface area contributed by atoms with Gasteiger partial charge in [0.25, 0.3) is 5.69 Å². The molecule has 3 aliphatic heterocycles. The highest BCUT2D eigenvalue weighted by molar-refractivity contribution is 6.00. The van der Waals surface area contributed by atoms with Crippen LogP contribution in [0.4, 0.5) is 16.2 Å². The number of benzene rings is 2. The van der Waals surface area contributed by atoms with Crippen molar-refractivity contribution in [3.63, 3.8) is 0 Å². The molecule has 1 amide bonds.